The summed E-state index contributed by atoms with van der Waals surface area (Å²) >= 11 is 0. The first-order valence-electron chi connectivity index (χ1n) is 5.32. The van der Waals surface area contributed by atoms with E-state index in [4.69, 9.17) is 0 Å². The molecule has 0 aromatic rings. The van der Waals surface area contributed by atoms with Crippen molar-refractivity contribution in [2.75, 3.05) is 6.54 Å². The standard InChI is InChI=1S/C11H17NO/c13-11-8-5-7-10-6-3-1-2-4-9-12(10)11/h1,3,10H,2,4-9H2/b3-1-. The zero-order valence-corrected chi connectivity index (χ0v) is 8.04. The minimum absolute atomic E-state index is 0.381. The third-order valence-corrected chi connectivity index (χ3v) is 3.03. The first kappa shape index (κ1) is 8.79. The maximum atomic E-state index is 11.6. The molecule has 0 spiro atoms. The summed E-state index contributed by atoms with van der Waals surface area (Å²) in [4.78, 5) is 13.7. The average molecular weight is 179 g/mol. The van der Waals surface area contributed by atoms with Crippen LogP contribution < -0.4 is 0 Å². The van der Waals surface area contributed by atoms with E-state index in [-0.39, 0.29) is 0 Å². The Hall–Kier alpha value is -0.790. The Kier molecular flexibility index (Phi) is 2.67. The van der Waals surface area contributed by atoms with E-state index in [1.807, 2.05) is 0 Å². The number of carbonyl (C=O) groups excluding carboxylic acids is 1. The lowest BCUT2D eigenvalue weighted by Gasteiger charge is -2.36. The Morgan fingerprint density at radius 2 is 2.23 bits per heavy atom. The van der Waals surface area contributed by atoms with Crippen LogP contribution in [-0.2, 0) is 4.79 Å². The molecule has 0 radical (unpaired) electrons. The van der Waals surface area contributed by atoms with Crippen molar-refractivity contribution in [3.63, 3.8) is 0 Å². The van der Waals surface area contributed by atoms with Gasteiger partial charge in [-0.15, -0.1) is 0 Å². The molecule has 1 atom stereocenters. The molecule has 13 heavy (non-hydrogen) atoms. The minimum atomic E-state index is 0.381. The van der Waals surface area contributed by atoms with Gasteiger partial charge in [0, 0.05) is 19.0 Å². The lowest BCUT2D eigenvalue weighted by Crippen LogP contribution is -2.44. The molecule has 1 fully saturated rings. The van der Waals surface area contributed by atoms with Gasteiger partial charge in [0.05, 0.1) is 0 Å². The van der Waals surface area contributed by atoms with Crippen LogP contribution in [0, 0.1) is 0 Å². The van der Waals surface area contributed by atoms with Gasteiger partial charge >= 0.3 is 0 Å². The fourth-order valence-electron chi connectivity index (χ4n) is 2.29. The van der Waals surface area contributed by atoms with E-state index in [9.17, 15) is 4.79 Å². The Balaban J connectivity index is 2.07. The number of piperidine rings is 1. The molecule has 2 aliphatic heterocycles. The van der Waals surface area contributed by atoms with E-state index in [0.717, 1.165) is 38.6 Å². The highest BCUT2D eigenvalue weighted by Gasteiger charge is 2.26. The summed E-state index contributed by atoms with van der Waals surface area (Å²) < 4.78 is 0. The monoisotopic (exact) mass is 179 g/mol. The first-order chi connectivity index (χ1) is 6.38. The van der Waals surface area contributed by atoms with Gasteiger partial charge in [0.2, 0.25) is 5.91 Å². The maximum Gasteiger partial charge on any atom is 0.222 e. The van der Waals surface area contributed by atoms with Crippen LogP contribution >= 0.6 is 0 Å². The van der Waals surface area contributed by atoms with Crippen LogP contribution in [0.25, 0.3) is 0 Å². The second-order valence-corrected chi connectivity index (χ2v) is 3.98. The molecule has 2 heteroatoms. The van der Waals surface area contributed by atoms with E-state index in [1.54, 1.807) is 0 Å². The second-order valence-electron chi connectivity index (χ2n) is 3.98. The summed E-state index contributed by atoms with van der Waals surface area (Å²) in [6.45, 7) is 0.980. The molecule has 2 aliphatic rings. The van der Waals surface area contributed by atoms with Crippen LogP contribution in [0.5, 0.6) is 0 Å². The van der Waals surface area contributed by atoms with Crippen LogP contribution in [0.3, 0.4) is 0 Å². The minimum Gasteiger partial charge on any atom is -0.339 e. The van der Waals surface area contributed by atoms with Crippen LogP contribution in [0.4, 0.5) is 0 Å². The van der Waals surface area contributed by atoms with Gasteiger partial charge in [0.1, 0.15) is 0 Å². The summed E-state index contributed by atoms with van der Waals surface area (Å²) in [5.41, 5.74) is 0. The third-order valence-electron chi connectivity index (χ3n) is 3.03. The lowest BCUT2D eigenvalue weighted by atomic mass is 9.97. The van der Waals surface area contributed by atoms with Gasteiger partial charge in [0.25, 0.3) is 0 Å². The molecule has 1 saturated heterocycles. The fourth-order valence-corrected chi connectivity index (χ4v) is 2.29. The molecule has 0 saturated carbocycles. The van der Waals surface area contributed by atoms with Gasteiger partial charge in [-0.2, -0.15) is 0 Å². The van der Waals surface area contributed by atoms with Crippen molar-refractivity contribution in [2.24, 2.45) is 0 Å². The highest BCUT2D eigenvalue weighted by atomic mass is 16.2. The number of amides is 1. The van der Waals surface area contributed by atoms with Crippen molar-refractivity contribution in [1.82, 2.24) is 4.90 Å². The molecule has 0 aromatic heterocycles. The van der Waals surface area contributed by atoms with Gasteiger partial charge in [-0.05, 0) is 32.1 Å². The number of carbonyl (C=O) groups is 1. The highest BCUT2D eigenvalue weighted by molar-refractivity contribution is 5.77. The first-order valence-corrected chi connectivity index (χ1v) is 5.32. The van der Waals surface area contributed by atoms with Gasteiger partial charge in [0.15, 0.2) is 0 Å². The zero-order chi connectivity index (χ0) is 9.10. The van der Waals surface area contributed by atoms with E-state index in [1.165, 1.54) is 6.42 Å². The normalized spacial score (nSPS) is 31.8. The number of allylic oxidation sites excluding steroid dienone is 1. The van der Waals surface area contributed by atoms with Crippen molar-refractivity contribution in [3.05, 3.63) is 12.2 Å². The van der Waals surface area contributed by atoms with Gasteiger partial charge in [-0.25, -0.2) is 0 Å². The number of nitrogens with zero attached hydrogens (tertiary/aromatic N) is 1. The Labute approximate surface area is 79.6 Å². The largest absolute Gasteiger partial charge is 0.339 e. The molecule has 1 amide bonds. The molecule has 1 unspecified atom stereocenters. The molecule has 0 aliphatic carbocycles. The van der Waals surface area contributed by atoms with E-state index < -0.39 is 0 Å². The van der Waals surface area contributed by atoms with E-state index in [0.29, 0.717) is 11.9 Å². The second kappa shape index (κ2) is 3.95. The third kappa shape index (κ3) is 1.93. The van der Waals surface area contributed by atoms with Gasteiger partial charge in [-0.1, -0.05) is 12.2 Å². The Bertz CT molecular complexity index is 222. The molecule has 72 valence electrons. The molecule has 2 nitrogen and oxygen atoms in total. The number of rotatable bonds is 0. The van der Waals surface area contributed by atoms with Crippen molar-refractivity contribution < 1.29 is 4.79 Å². The summed E-state index contributed by atoms with van der Waals surface area (Å²) in [5.74, 6) is 0.381. The highest BCUT2D eigenvalue weighted by Crippen LogP contribution is 2.23. The predicted molar refractivity (Wildman–Crippen MR) is 52.3 cm³/mol. The molecule has 0 N–H and O–H groups in total. The fraction of sp³-hybridized carbons (Fsp3) is 0.727. The predicted octanol–water partition coefficient (Wildman–Crippen LogP) is 2.11. The van der Waals surface area contributed by atoms with Crippen LogP contribution in [0.15, 0.2) is 12.2 Å². The summed E-state index contributed by atoms with van der Waals surface area (Å²) in [5, 5.41) is 0. The molecule has 0 aromatic carbocycles. The molecular weight excluding hydrogens is 162 g/mol. The van der Waals surface area contributed by atoms with E-state index in [2.05, 4.69) is 17.1 Å². The van der Waals surface area contributed by atoms with Crippen molar-refractivity contribution >= 4 is 5.91 Å². The summed E-state index contributed by atoms with van der Waals surface area (Å²) in [7, 11) is 0. The number of fused-ring (bicyclic) bond motifs is 1. The SMILES string of the molecule is O=C1CCCC2C/C=C\CCCN12. The average Bonchev–Trinajstić information content (AvgIpc) is 2.07. The number of hydrogen-bond donors (Lipinski definition) is 0. The van der Waals surface area contributed by atoms with E-state index >= 15 is 0 Å². The maximum absolute atomic E-state index is 11.6. The van der Waals surface area contributed by atoms with Crippen molar-refractivity contribution in [2.45, 2.75) is 44.6 Å². The smallest absolute Gasteiger partial charge is 0.222 e. The van der Waals surface area contributed by atoms with Crippen LogP contribution in [-0.4, -0.2) is 23.4 Å². The molecule has 2 rings (SSSR count). The summed E-state index contributed by atoms with van der Waals surface area (Å²) in [6, 6.07) is 0.512. The van der Waals surface area contributed by atoms with Crippen molar-refractivity contribution in [1.29, 1.82) is 0 Å². The van der Waals surface area contributed by atoms with Gasteiger partial charge in [-0.3, -0.25) is 4.79 Å². The summed E-state index contributed by atoms with van der Waals surface area (Å²) in [6.07, 6.45) is 10.9. The molecular formula is C11H17NO. The quantitative estimate of drug-likeness (QED) is 0.521. The Morgan fingerprint density at radius 3 is 3.15 bits per heavy atom. The Morgan fingerprint density at radius 1 is 1.31 bits per heavy atom. The van der Waals surface area contributed by atoms with Crippen LogP contribution in [0.1, 0.15) is 38.5 Å². The zero-order valence-electron chi connectivity index (χ0n) is 8.04. The molecule has 2 heterocycles. The molecule has 0 bridgehead atoms. The lowest BCUT2D eigenvalue weighted by molar-refractivity contribution is -0.136. The van der Waals surface area contributed by atoms with Gasteiger partial charge < -0.3 is 4.90 Å². The van der Waals surface area contributed by atoms with Crippen molar-refractivity contribution in [3.8, 4) is 0 Å². The number of hydrogen-bond acceptors (Lipinski definition) is 1. The van der Waals surface area contributed by atoms with Crippen LogP contribution in [0.2, 0.25) is 0 Å². The topological polar surface area (TPSA) is 20.3 Å².